The second-order valence-electron chi connectivity index (χ2n) is 4.96. The fourth-order valence-electron chi connectivity index (χ4n) is 2.08. The number of fused-ring (bicyclic) bond motifs is 1. The molecule has 0 aliphatic heterocycles. The lowest BCUT2D eigenvalue weighted by Gasteiger charge is -2.09. The van der Waals surface area contributed by atoms with Crippen molar-refractivity contribution < 1.29 is 4.79 Å². The molecule has 1 amide bonds. The minimum absolute atomic E-state index is 0.0353. The van der Waals surface area contributed by atoms with Crippen molar-refractivity contribution in [2.24, 2.45) is 0 Å². The normalized spacial score (nSPS) is 10.1. The number of rotatable bonds is 5. The molecule has 0 saturated carbocycles. The number of amides is 1. The topological polar surface area (TPSA) is 77.8 Å². The van der Waals surface area contributed by atoms with E-state index in [-0.39, 0.29) is 5.91 Å². The molecule has 1 heterocycles. The summed E-state index contributed by atoms with van der Waals surface area (Å²) in [6, 6.07) is 10.00. The van der Waals surface area contributed by atoms with Gasteiger partial charge in [0.2, 0.25) is 5.91 Å². The highest BCUT2D eigenvalue weighted by Gasteiger charge is 2.06. The van der Waals surface area contributed by atoms with E-state index in [1.54, 1.807) is 0 Å². The number of benzene rings is 1. The van der Waals surface area contributed by atoms with E-state index in [4.69, 9.17) is 0 Å². The molecule has 0 saturated heterocycles. The van der Waals surface area contributed by atoms with Crippen molar-refractivity contribution in [1.82, 2.24) is 10.3 Å². The van der Waals surface area contributed by atoms with Crippen molar-refractivity contribution in [3.8, 4) is 6.07 Å². The number of nitriles is 1. The average Bonchev–Trinajstić information content (AvgIpc) is 2.45. The average molecular weight is 282 g/mol. The molecule has 2 N–H and O–H groups in total. The second kappa shape index (κ2) is 6.71. The van der Waals surface area contributed by atoms with Crippen LogP contribution in [0, 0.1) is 18.3 Å². The van der Waals surface area contributed by atoms with Crippen molar-refractivity contribution in [1.29, 1.82) is 5.26 Å². The molecule has 0 fully saturated rings. The zero-order valence-corrected chi connectivity index (χ0v) is 12.2. The molecule has 5 nitrogen and oxygen atoms in total. The summed E-state index contributed by atoms with van der Waals surface area (Å²) in [7, 11) is 0. The van der Waals surface area contributed by atoms with Gasteiger partial charge in [-0.15, -0.1) is 0 Å². The smallest absolute Gasteiger partial charge is 0.216 e. The highest BCUT2D eigenvalue weighted by molar-refractivity contribution is 5.83. The van der Waals surface area contributed by atoms with Gasteiger partial charge < -0.3 is 10.6 Å². The van der Waals surface area contributed by atoms with E-state index in [0.717, 1.165) is 22.9 Å². The third-order valence-electron chi connectivity index (χ3n) is 3.11. The Morgan fingerprint density at radius 1 is 1.33 bits per heavy atom. The fourth-order valence-corrected chi connectivity index (χ4v) is 2.08. The standard InChI is InChI=1S/C16H18N4O/c1-11-4-5-15-13(8-11)9-14(10-17)16(20-15)19-7-3-6-18-12(2)21/h4-5,8-9H,3,6-7H2,1-2H3,(H,18,21)(H,19,20). The van der Waals surface area contributed by atoms with Crippen molar-refractivity contribution >= 4 is 22.6 Å². The molecule has 21 heavy (non-hydrogen) atoms. The number of hydrogen-bond acceptors (Lipinski definition) is 4. The molecule has 5 heteroatoms. The molecule has 0 atom stereocenters. The summed E-state index contributed by atoms with van der Waals surface area (Å²) in [5.41, 5.74) is 2.54. The maximum Gasteiger partial charge on any atom is 0.216 e. The number of hydrogen-bond donors (Lipinski definition) is 2. The first-order valence-electron chi connectivity index (χ1n) is 6.90. The van der Waals surface area contributed by atoms with Gasteiger partial charge in [-0.2, -0.15) is 5.26 Å². The van der Waals surface area contributed by atoms with Gasteiger partial charge in [-0.1, -0.05) is 11.6 Å². The lowest BCUT2D eigenvalue weighted by atomic mass is 10.1. The van der Waals surface area contributed by atoms with Gasteiger partial charge >= 0.3 is 0 Å². The Labute approximate surface area is 124 Å². The number of anilines is 1. The Balaban J connectivity index is 2.10. The van der Waals surface area contributed by atoms with E-state index in [0.29, 0.717) is 24.5 Å². The van der Waals surface area contributed by atoms with Crippen LogP contribution in [0.25, 0.3) is 10.9 Å². The fraction of sp³-hybridized carbons (Fsp3) is 0.312. The van der Waals surface area contributed by atoms with Crippen LogP contribution in [0.2, 0.25) is 0 Å². The molecule has 0 radical (unpaired) electrons. The number of nitrogens with zero attached hydrogens (tertiary/aromatic N) is 2. The summed E-state index contributed by atoms with van der Waals surface area (Å²) in [5.74, 6) is 0.559. The van der Waals surface area contributed by atoms with Crippen LogP contribution in [-0.4, -0.2) is 24.0 Å². The molecular formula is C16H18N4O. The van der Waals surface area contributed by atoms with Crippen molar-refractivity contribution in [3.05, 3.63) is 35.4 Å². The Bertz CT molecular complexity index is 703. The SMILES string of the molecule is CC(=O)NCCCNc1nc2ccc(C)cc2cc1C#N. The minimum atomic E-state index is -0.0353. The van der Waals surface area contributed by atoms with E-state index in [1.165, 1.54) is 6.92 Å². The molecule has 1 aromatic carbocycles. The van der Waals surface area contributed by atoms with Gasteiger partial charge in [-0.25, -0.2) is 4.98 Å². The van der Waals surface area contributed by atoms with Gasteiger partial charge in [0.1, 0.15) is 11.9 Å². The number of carbonyl (C=O) groups is 1. The van der Waals surface area contributed by atoms with Crippen LogP contribution >= 0.6 is 0 Å². The number of pyridine rings is 1. The van der Waals surface area contributed by atoms with Gasteiger partial charge in [0.15, 0.2) is 0 Å². The summed E-state index contributed by atoms with van der Waals surface area (Å²) in [6.07, 6.45) is 0.776. The molecule has 2 aromatic rings. The highest BCUT2D eigenvalue weighted by Crippen LogP contribution is 2.20. The van der Waals surface area contributed by atoms with Crippen LogP contribution in [0.4, 0.5) is 5.82 Å². The summed E-state index contributed by atoms with van der Waals surface area (Å²) in [6.45, 7) is 4.77. The predicted molar refractivity (Wildman–Crippen MR) is 83.0 cm³/mol. The van der Waals surface area contributed by atoms with E-state index >= 15 is 0 Å². The summed E-state index contributed by atoms with van der Waals surface area (Å²) in [5, 5.41) is 16.1. The van der Waals surface area contributed by atoms with Crippen LogP contribution in [0.15, 0.2) is 24.3 Å². The molecule has 0 aliphatic rings. The monoisotopic (exact) mass is 282 g/mol. The number of nitrogens with one attached hydrogen (secondary N) is 2. The third-order valence-corrected chi connectivity index (χ3v) is 3.11. The molecule has 2 rings (SSSR count). The zero-order chi connectivity index (χ0) is 15.2. The van der Waals surface area contributed by atoms with Crippen LogP contribution in [0.3, 0.4) is 0 Å². The summed E-state index contributed by atoms with van der Waals surface area (Å²) < 4.78 is 0. The van der Waals surface area contributed by atoms with E-state index in [9.17, 15) is 10.1 Å². The summed E-state index contributed by atoms with van der Waals surface area (Å²) >= 11 is 0. The molecule has 0 spiro atoms. The zero-order valence-electron chi connectivity index (χ0n) is 12.2. The van der Waals surface area contributed by atoms with Crippen molar-refractivity contribution in [2.75, 3.05) is 18.4 Å². The Morgan fingerprint density at radius 3 is 2.86 bits per heavy atom. The quantitative estimate of drug-likeness (QED) is 0.825. The molecule has 108 valence electrons. The van der Waals surface area contributed by atoms with Gasteiger partial charge in [-0.05, 0) is 31.5 Å². The molecule has 0 aliphatic carbocycles. The van der Waals surface area contributed by atoms with Crippen molar-refractivity contribution in [3.63, 3.8) is 0 Å². The number of carbonyl (C=O) groups excluding carboxylic acids is 1. The predicted octanol–water partition coefficient (Wildman–Crippen LogP) is 2.35. The van der Waals surface area contributed by atoms with Crippen LogP contribution in [0.5, 0.6) is 0 Å². The highest BCUT2D eigenvalue weighted by atomic mass is 16.1. The minimum Gasteiger partial charge on any atom is -0.369 e. The van der Waals surface area contributed by atoms with E-state index in [2.05, 4.69) is 21.7 Å². The van der Waals surface area contributed by atoms with Gasteiger partial charge in [-0.3, -0.25) is 4.79 Å². The summed E-state index contributed by atoms with van der Waals surface area (Å²) in [4.78, 5) is 15.3. The van der Waals surface area contributed by atoms with Gasteiger partial charge in [0, 0.05) is 25.4 Å². The number of aryl methyl sites for hydroxylation is 1. The largest absolute Gasteiger partial charge is 0.369 e. The maximum absolute atomic E-state index is 10.8. The molecular weight excluding hydrogens is 264 g/mol. The Hall–Kier alpha value is -2.61. The number of aromatic nitrogens is 1. The maximum atomic E-state index is 10.8. The molecule has 0 unspecified atom stereocenters. The van der Waals surface area contributed by atoms with Crippen LogP contribution in [-0.2, 0) is 4.79 Å². The first-order valence-corrected chi connectivity index (χ1v) is 6.90. The first-order chi connectivity index (χ1) is 10.1. The first kappa shape index (κ1) is 14.8. The van der Waals surface area contributed by atoms with Crippen LogP contribution < -0.4 is 10.6 Å². The van der Waals surface area contributed by atoms with E-state index in [1.807, 2.05) is 31.2 Å². The van der Waals surface area contributed by atoms with Crippen molar-refractivity contribution in [2.45, 2.75) is 20.3 Å². The Morgan fingerprint density at radius 2 is 2.14 bits per heavy atom. The molecule has 0 bridgehead atoms. The molecule has 1 aromatic heterocycles. The van der Waals surface area contributed by atoms with Gasteiger partial charge in [0.25, 0.3) is 0 Å². The lowest BCUT2D eigenvalue weighted by molar-refractivity contribution is -0.118. The van der Waals surface area contributed by atoms with Gasteiger partial charge in [0.05, 0.1) is 11.1 Å². The van der Waals surface area contributed by atoms with Crippen LogP contribution in [0.1, 0.15) is 24.5 Å². The van der Waals surface area contributed by atoms with E-state index < -0.39 is 0 Å². The lowest BCUT2D eigenvalue weighted by Crippen LogP contribution is -2.22. The Kier molecular flexibility index (Phi) is 4.72. The second-order valence-corrected chi connectivity index (χ2v) is 4.96. The third kappa shape index (κ3) is 3.93.